The monoisotopic (exact) mass is 439 g/mol. The topological polar surface area (TPSA) is 88.5 Å². The van der Waals surface area contributed by atoms with Crippen molar-refractivity contribution in [1.82, 2.24) is 0 Å². The van der Waals surface area contributed by atoms with Crippen LogP contribution in [0.25, 0.3) is 0 Å². The molecule has 0 saturated heterocycles. The Morgan fingerprint density at radius 1 is 1.12 bits per heavy atom. The molecule has 1 unspecified atom stereocenters. The molecule has 166 valence electrons. The first-order valence-electron chi connectivity index (χ1n) is 10.3. The molecule has 0 N–H and O–H groups in total. The molecule has 2 aromatic carbocycles. The largest absolute Gasteiger partial charge is 0.465 e. The molecule has 0 bridgehead atoms. The van der Waals surface area contributed by atoms with Crippen LogP contribution in [0.4, 0.5) is 15.8 Å². The van der Waals surface area contributed by atoms with Gasteiger partial charge in [0.25, 0.3) is 12.1 Å². The lowest BCUT2D eigenvalue weighted by Gasteiger charge is -2.38. The van der Waals surface area contributed by atoms with E-state index in [1.54, 1.807) is 43.3 Å². The summed E-state index contributed by atoms with van der Waals surface area (Å²) < 4.78 is 25.0. The smallest absolute Gasteiger partial charge is 0.325 e. The zero-order valence-corrected chi connectivity index (χ0v) is 17.7. The number of hydrogen-bond donors (Lipinski definition) is 0. The molecule has 0 saturated carbocycles. The summed E-state index contributed by atoms with van der Waals surface area (Å²) in [6, 6.07) is 11.3. The van der Waals surface area contributed by atoms with Crippen molar-refractivity contribution in [2.45, 2.75) is 20.1 Å². The van der Waals surface area contributed by atoms with Crippen molar-refractivity contribution < 1.29 is 28.2 Å². The van der Waals surface area contributed by atoms with Crippen LogP contribution in [0, 0.1) is 5.82 Å². The second-order valence-corrected chi connectivity index (χ2v) is 7.31. The Morgan fingerprint density at radius 3 is 2.59 bits per heavy atom. The number of amides is 1. The summed E-state index contributed by atoms with van der Waals surface area (Å²) in [5.74, 6) is -2.12. The zero-order valence-electron chi connectivity index (χ0n) is 17.7. The molecule has 0 spiro atoms. The van der Waals surface area contributed by atoms with Gasteiger partial charge in [-0.05, 0) is 25.1 Å². The van der Waals surface area contributed by atoms with E-state index in [0.29, 0.717) is 23.5 Å². The second kappa shape index (κ2) is 8.78. The molecular weight excluding hydrogens is 417 g/mol. The van der Waals surface area contributed by atoms with Crippen molar-refractivity contribution in [2.75, 3.05) is 36.0 Å². The Balaban J connectivity index is 1.89. The molecule has 4 rings (SSSR count). The van der Waals surface area contributed by atoms with Crippen molar-refractivity contribution >= 4 is 34.9 Å². The van der Waals surface area contributed by atoms with E-state index in [2.05, 4.69) is 4.99 Å². The highest BCUT2D eigenvalue weighted by Gasteiger charge is 2.39. The van der Waals surface area contributed by atoms with Gasteiger partial charge in [-0.2, -0.15) is 0 Å². The fourth-order valence-corrected chi connectivity index (χ4v) is 3.94. The van der Waals surface area contributed by atoms with Gasteiger partial charge in [0.15, 0.2) is 0 Å². The number of nitrogens with zero attached hydrogens (tertiary/aromatic N) is 3. The van der Waals surface area contributed by atoms with Crippen LogP contribution >= 0.6 is 0 Å². The summed E-state index contributed by atoms with van der Waals surface area (Å²) in [5.41, 5.74) is 1.98. The highest BCUT2D eigenvalue weighted by molar-refractivity contribution is 6.22. The molecule has 2 aromatic rings. The molecule has 0 aromatic heterocycles. The molecule has 0 radical (unpaired) electrons. The SMILES string of the molecule is CCOC(=O)CN1CCN2C(=O)C(OC(C)=O)N=C(c3ccccc3F)c3cccc1c32. The van der Waals surface area contributed by atoms with Crippen LogP contribution in [-0.4, -0.2) is 56.0 Å². The van der Waals surface area contributed by atoms with E-state index in [9.17, 15) is 18.8 Å². The van der Waals surface area contributed by atoms with Crippen LogP contribution in [0.2, 0.25) is 0 Å². The summed E-state index contributed by atoms with van der Waals surface area (Å²) >= 11 is 0. The van der Waals surface area contributed by atoms with Crippen LogP contribution in [0.15, 0.2) is 47.5 Å². The molecule has 2 aliphatic heterocycles. The molecule has 0 fully saturated rings. The number of carbonyl (C=O) groups is 3. The maximum atomic E-state index is 14.8. The second-order valence-electron chi connectivity index (χ2n) is 7.31. The normalized spacial score (nSPS) is 17.3. The van der Waals surface area contributed by atoms with Crippen molar-refractivity contribution in [3.63, 3.8) is 0 Å². The van der Waals surface area contributed by atoms with E-state index in [0.717, 1.165) is 0 Å². The third-order valence-corrected chi connectivity index (χ3v) is 5.23. The van der Waals surface area contributed by atoms with Gasteiger partial charge in [-0.3, -0.25) is 14.4 Å². The predicted molar refractivity (Wildman–Crippen MR) is 115 cm³/mol. The van der Waals surface area contributed by atoms with Crippen molar-refractivity contribution in [1.29, 1.82) is 0 Å². The standard InChI is InChI=1S/C23H22FN3O5/c1-3-31-19(29)13-26-11-12-27-21-16(8-6-10-18(21)26)20(15-7-4-5-9-17(15)24)25-22(23(27)30)32-14(2)28/h4-10,22H,3,11-13H2,1-2H3. The number of ether oxygens (including phenoxy) is 2. The molecule has 1 amide bonds. The minimum Gasteiger partial charge on any atom is -0.465 e. The number of aliphatic imine (C=N–C) groups is 1. The third kappa shape index (κ3) is 3.93. The highest BCUT2D eigenvalue weighted by Crippen LogP contribution is 2.40. The lowest BCUT2D eigenvalue weighted by atomic mass is 9.97. The van der Waals surface area contributed by atoms with Gasteiger partial charge in [0.05, 0.1) is 23.7 Å². The Hall–Kier alpha value is -3.75. The third-order valence-electron chi connectivity index (χ3n) is 5.23. The number of anilines is 2. The first-order valence-corrected chi connectivity index (χ1v) is 10.3. The number of halogens is 1. The number of para-hydroxylation sites is 1. The van der Waals surface area contributed by atoms with Gasteiger partial charge in [-0.25, -0.2) is 9.38 Å². The zero-order chi connectivity index (χ0) is 22.8. The van der Waals surface area contributed by atoms with Gasteiger partial charge in [0, 0.05) is 31.1 Å². The summed E-state index contributed by atoms with van der Waals surface area (Å²) in [7, 11) is 0. The minimum absolute atomic E-state index is 0.00583. The maximum absolute atomic E-state index is 14.8. The van der Waals surface area contributed by atoms with Crippen molar-refractivity contribution in [3.8, 4) is 0 Å². The van der Waals surface area contributed by atoms with Crippen molar-refractivity contribution in [3.05, 3.63) is 59.4 Å². The average molecular weight is 439 g/mol. The molecule has 2 heterocycles. The van der Waals surface area contributed by atoms with Gasteiger partial charge in [0.2, 0.25) is 0 Å². The molecule has 1 atom stereocenters. The number of hydrogen-bond acceptors (Lipinski definition) is 7. The van der Waals surface area contributed by atoms with Gasteiger partial charge >= 0.3 is 11.9 Å². The number of carbonyl (C=O) groups excluding carboxylic acids is 3. The molecule has 8 nitrogen and oxygen atoms in total. The fraction of sp³-hybridized carbons (Fsp3) is 0.304. The highest BCUT2D eigenvalue weighted by atomic mass is 19.1. The summed E-state index contributed by atoms with van der Waals surface area (Å²) in [6.45, 7) is 3.79. The van der Waals surface area contributed by atoms with Gasteiger partial charge in [-0.1, -0.05) is 24.3 Å². The first kappa shape index (κ1) is 21.5. The number of esters is 2. The predicted octanol–water partition coefficient (Wildman–Crippen LogP) is 2.28. The van der Waals surface area contributed by atoms with Crippen LogP contribution in [0.1, 0.15) is 25.0 Å². The van der Waals surface area contributed by atoms with Crippen LogP contribution in [0.5, 0.6) is 0 Å². The lowest BCUT2D eigenvalue weighted by Crippen LogP contribution is -2.49. The molecule has 32 heavy (non-hydrogen) atoms. The number of rotatable bonds is 5. The Bertz CT molecular complexity index is 1120. The van der Waals surface area contributed by atoms with E-state index >= 15 is 0 Å². The van der Waals surface area contributed by atoms with Crippen molar-refractivity contribution in [2.24, 2.45) is 4.99 Å². The van der Waals surface area contributed by atoms with E-state index in [4.69, 9.17) is 9.47 Å². The summed E-state index contributed by atoms with van der Waals surface area (Å²) in [6.07, 6.45) is -1.45. The van der Waals surface area contributed by atoms with Crippen LogP contribution < -0.4 is 9.80 Å². The van der Waals surface area contributed by atoms with E-state index < -0.39 is 23.9 Å². The Labute approximate surface area is 184 Å². The van der Waals surface area contributed by atoms with E-state index in [-0.39, 0.29) is 36.9 Å². The van der Waals surface area contributed by atoms with Crippen LogP contribution in [-0.2, 0) is 23.9 Å². The number of benzene rings is 2. The van der Waals surface area contributed by atoms with Crippen LogP contribution in [0.3, 0.4) is 0 Å². The Kier molecular flexibility index (Phi) is 5.89. The molecular formula is C23H22FN3O5. The maximum Gasteiger partial charge on any atom is 0.325 e. The van der Waals surface area contributed by atoms with Gasteiger partial charge < -0.3 is 19.3 Å². The molecule has 9 heteroatoms. The lowest BCUT2D eigenvalue weighted by molar-refractivity contribution is -0.152. The molecule has 0 aliphatic carbocycles. The fourth-order valence-electron chi connectivity index (χ4n) is 3.94. The quantitative estimate of drug-likeness (QED) is 0.665. The van der Waals surface area contributed by atoms with E-state index in [1.165, 1.54) is 17.9 Å². The average Bonchev–Trinajstić information content (AvgIpc) is 2.87. The Morgan fingerprint density at radius 2 is 1.88 bits per heavy atom. The van der Waals surface area contributed by atoms with Gasteiger partial charge in [-0.15, -0.1) is 0 Å². The van der Waals surface area contributed by atoms with Gasteiger partial charge in [0.1, 0.15) is 12.4 Å². The summed E-state index contributed by atoms with van der Waals surface area (Å²) in [4.78, 5) is 44.8. The summed E-state index contributed by atoms with van der Waals surface area (Å²) in [5, 5.41) is 0. The molecule has 2 aliphatic rings. The van der Waals surface area contributed by atoms with E-state index in [1.807, 2.05) is 4.90 Å². The minimum atomic E-state index is -1.45. The first-order chi connectivity index (χ1) is 15.4.